The Hall–Kier alpha value is -1.59. The second-order valence-electron chi connectivity index (χ2n) is 3.83. The summed E-state index contributed by atoms with van der Waals surface area (Å²) in [6.45, 7) is 1.38. The predicted molar refractivity (Wildman–Crippen MR) is 70.7 cm³/mol. The van der Waals surface area contributed by atoms with Gasteiger partial charge in [0.2, 0.25) is 0 Å². The van der Waals surface area contributed by atoms with E-state index in [1.807, 2.05) is 18.3 Å². The van der Waals surface area contributed by atoms with Crippen molar-refractivity contribution in [2.24, 2.45) is 5.73 Å². The molecule has 18 heavy (non-hydrogen) atoms. The number of aryl methyl sites for hydroxylation is 1. The number of rotatable bonds is 5. The first-order valence-corrected chi connectivity index (χ1v) is 6.07. The summed E-state index contributed by atoms with van der Waals surface area (Å²) in [4.78, 5) is 0. The minimum absolute atomic E-state index is 0.597. The van der Waals surface area contributed by atoms with Crippen LogP contribution >= 0.6 is 11.6 Å². The highest BCUT2D eigenvalue weighted by atomic mass is 35.5. The molecule has 0 saturated heterocycles. The fourth-order valence-corrected chi connectivity index (χ4v) is 1.96. The molecule has 0 saturated carbocycles. The second kappa shape index (κ2) is 5.84. The Labute approximate surface area is 111 Å². The summed E-state index contributed by atoms with van der Waals surface area (Å²) in [7, 11) is 1.61. The van der Waals surface area contributed by atoms with Gasteiger partial charge >= 0.3 is 0 Å². The van der Waals surface area contributed by atoms with Crippen molar-refractivity contribution in [2.45, 2.75) is 13.0 Å². The number of hydrogen-bond donors (Lipinski definition) is 1. The van der Waals surface area contributed by atoms with Gasteiger partial charge in [0, 0.05) is 6.54 Å². The van der Waals surface area contributed by atoms with Crippen LogP contribution in [0.1, 0.15) is 6.42 Å². The maximum Gasteiger partial charge on any atom is 0.129 e. The Morgan fingerprint density at radius 2 is 2.28 bits per heavy atom. The standard InChI is InChI=1S/C12H15ClN4O/c1-18-11-5-2-4-9(13)12(11)10-8-17(16-15-10)7-3-6-14/h2,4-5,8H,3,6-7,14H2,1H3. The van der Waals surface area contributed by atoms with Crippen molar-refractivity contribution in [3.63, 3.8) is 0 Å². The van der Waals surface area contributed by atoms with E-state index in [-0.39, 0.29) is 0 Å². The Balaban J connectivity index is 2.33. The third-order valence-corrected chi connectivity index (χ3v) is 2.90. The molecule has 0 radical (unpaired) electrons. The van der Waals surface area contributed by atoms with Gasteiger partial charge in [0.25, 0.3) is 0 Å². The molecule has 0 spiro atoms. The lowest BCUT2D eigenvalue weighted by atomic mass is 10.1. The van der Waals surface area contributed by atoms with E-state index in [0.29, 0.717) is 23.0 Å². The molecule has 0 amide bonds. The van der Waals surface area contributed by atoms with Gasteiger partial charge in [0.05, 0.1) is 23.9 Å². The highest BCUT2D eigenvalue weighted by molar-refractivity contribution is 6.33. The van der Waals surface area contributed by atoms with Gasteiger partial charge in [-0.2, -0.15) is 0 Å². The lowest BCUT2D eigenvalue weighted by Gasteiger charge is -2.06. The number of nitrogens with two attached hydrogens (primary N) is 1. The van der Waals surface area contributed by atoms with Crippen LogP contribution in [0.4, 0.5) is 0 Å². The van der Waals surface area contributed by atoms with Crippen molar-refractivity contribution in [1.29, 1.82) is 0 Å². The zero-order valence-corrected chi connectivity index (χ0v) is 10.9. The SMILES string of the molecule is COc1cccc(Cl)c1-c1cn(CCCN)nn1. The molecule has 2 N–H and O–H groups in total. The highest BCUT2D eigenvalue weighted by Gasteiger charge is 2.13. The van der Waals surface area contributed by atoms with Crippen LogP contribution in [-0.2, 0) is 6.54 Å². The van der Waals surface area contributed by atoms with Crippen molar-refractivity contribution in [3.8, 4) is 17.0 Å². The van der Waals surface area contributed by atoms with Crippen molar-refractivity contribution in [2.75, 3.05) is 13.7 Å². The molecule has 6 heteroatoms. The monoisotopic (exact) mass is 266 g/mol. The van der Waals surface area contributed by atoms with Gasteiger partial charge in [-0.15, -0.1) is 5.10 Å². The van der Waals surface area contributed by atoms with E-state index in [0.717, 1.165) is 18.5 Å². The van der Waals surface area contributed by atoms with Crippen LogP contribution in [0, 0.1) is 0 Å². The summed E-state index contributed by atoms with van der Waals surface area (Å²) in [5.74, 6) is 0.688. The molecule has 96 valence electrons. The number of halogens is 1. The molecule has 0 atom stereocenters. The van der Waals surface area contributed by atoms with Crippen molar-refractivity contribution < 1.29 is 4.74 Å². The fourth-order valence-electron chi connectivity index (χ4n) is 1.70. The summed E-state index contributed by atoms with van der Waals surface area (Å²) < 4.78 is 7.04. The van der Waals surface area contributed by atoms with Gasteiger partial charge in [0.15, 0.2) is 0 Å². The number of benzene rings is 1. The molecule has 0 fully saturated rings. The third kappa shape index (κ3) is 2.63. The molecule has 0 bridgehead atoms. The number of aromatic nitrogens is 3. The first-order valence-electron chi connectivity index (χ1n) is 5.69. The summed E-state index contributed by atoms with van der Waals surface area (Å²) in [6.07, 6.45) is 2.71. The molecule has 2 rings (SSSR count). The predicted octanol–water partition coefficient (Wildman–Crippen LogP) is 1.96. The van der Waals surface area contributed by atoms with E-state index in [1.54, 1.807) is 17.9 Å². The summed E-state index contributed by atoms with van der Waals surface area (Å²) in [6, 6.07) is 5.49. The zero-order valence-electron chi connectivity index (χ0n) is 10.1. The average molecular weight is 267 g/mol. The zero-order chi connectivity index (χ0) is 13.0. The largest absolute Gasteiger partial charge is 0.496 e. The van der Waals surface area contributed by atoms with Crippen molar-refractivity contribution in [1.82, 2.24) is 15.0 Å². The van der Waals surface area contributed by atoms with Crippen molar-refractivity contribution >= 4 is 11.6 Å². The lowest BCUT2D eigenvalue weighted by Crippen LogP contribution is -2.06. The molecule has 1 aromatic carbocycles. The maximum absolute atomic E-state index is 6.18. The normalized spacial score (nSPS) is 10.6. The van der Waals surface area contributed by atoms with E-state index >= 15 is 0 Å². The third-order valence-electron chi connectivity index (χ3n) is 2.58. The van der Waals surface area contributed by atoms with Gasteiger partial charge in [-0.1, -0.05) is 22.9 Å². The van der Waals surface area contributed by atoms with Gasteiger partial charge in [-0.3, -0.25) is 4.68 Å². The summed E-state index contributed by atoms with van der Waals surface area (Å²) in [5.41, 5.74) is 6.93. The topological polar surface area (TPSA) is 66.0 Å². The Morgan fingerprint density at radius 3 is 3.00 bits per heavy atom. The Morgan fingerprint density at radius 1 is 1.44 bits per heavy atom. The van der Waals surface area contributed by atoms with Crippen molar-refractivity contribution in [3.05, 3.63) is 29.4 Å². The van der Waals surface area contributed by atoms with Gasteiger partial charge in [0.1, 0.15) is 11.4 Å². The van der Waals surface area contributed by atoms with Gasteiger partial charge in [-0.05, 0) is 25.1 Å². The number of nitrogens with zero attached hydrogens (tertiary/aromatic N) is 3. The van der Waals surface area contributed by atoms with Crippen LogP contribution in [0.25, 0.3) is 11.3 Å². The minimum Gasteiger partial charge on any atom is -0.496 e. The molecule has 0 aliphatic heterocycles. The van der Waals surface area contributed by atoms with Crippen LogP contribution < -0.4 is 10.5 Å². The molecule has 1 aromatic heterocycles. The maximum atomic E-state index is 6.18. The Kier molecular flexibility index (Phi) is 4.17. The Bertz CT molecular complexity index is 527. The smallest absolute Gasteiger partial charge is 0.129 e. The van der Waals surface area contributed by atoms with E-state index in [2.05, 4.69) is 10.3 Å². The quantitative estimate of drug-likeness (QED) is 0.898. The fraction of sp³-hybridized carbons (Fsp3) is 0.333. The molecule has 0 unspecified atom stereocenters. The number of hydrogen-bond acceptors (Lipinski definition) is 4. The molecular weight excluding hydrogens is 252 g/mol. The second-order valence-corrected chi connectivity index (χ2v) is 4.23. The first kappa shape index (κ1) is 12.9. The average Bonchev–Trinajstić information content (AvgIpc) is 2.84. The van der Waals surface area contributed by atoms with Gasteiger partial charge < -0.3 is 10.5 Å². The molecule has 0 aliphatic rings. The summed E-state index contributed by atoms with van der Waals surface area (Å²) >= 11 is 6.18. The summed E-state index contributed by atoms with van der Waals surface area (Å²) in [5, 5.41) is 8.76. The lowest BCUT2D eigenvalue weighted by molar-refractivity contribution is 0.416. The van der Waals surface area contributed by atoms with Crippen LogP contribution in [0.15, 0.2) is 24.4 Å². The number of methoxy groups -OCH3 is 1. The highest BCUT2D eigenvalue weighted by Crippen LogP contribution is 2.34. The molecular formula is C12H15ClN4O. The van der Waals surface area contributed by atoms with Crippen LogP contribution in [0.5, 0.6) is 5.75 Å². The molecule has 5 nitrogen and oxygen atoms in total. The minimum atomic E-state index is 0.597. The van der Waals surface area contributed by atoms with E-state index in [1.165, 1.54) is 0 Å². The first-order chi connectivity index (χ1) is 8.76. The van der Waals surface area contributed by atoms with E-state index in [9.17, 15) is 0 Å². The van der Waals surface area contributed by atoms with Gasteiger partial charge in [-0.25, -0.2) is 0 Å². The van der Waals surface area contributed by atoms with E-state index < -0.39 is 0 Å². The molecule has 0 aliphatic carbocycles. The van der Waals surface area contributed by atoms with E-state index in [4.69, 9.17) is 22.1 Å². The van der Waals surface area contributed by atoms with Crippen LogP contribution in [0.2, 0.25) is 5.02 Å². The molecule has 2 aromatic rings. The van der Waals surface area contributed by atoms with Crippen LogP contribution in [-0.4, -0.2) is 28.6 Å². The van der Waals surface area contributed by atoms with Crippen LogP contribution in [0.3, 0.4) is 0 Å². The number of ether oxygens (including phenoxy) is 1. The molecule has 1 heterocycles.